The quantitative estimate of drug-likeness (QED) is 0.760. The van der Waals surface area contributed by atoms with E-state index in [0.717, 1.165) is 22.1 Å². The van der Waals surface area contributed by atoms with Crippen LogP contribution in [0.4, 0.5) is 0 Å². The summed E-state index contributed by atoms with van der Waals surface area (Å²) in [6.07, 6.45) is 2.20. The lowest BCUT2D eigenvalue weighted by atomic mass is 10.1. The first-order chi connectivity index (χ1) is 11.9. The molecule has 0 fully saturated rings. The number of benzene rings is 2. The van der Waals surface area contributed by atoms with Crippen LogP contribution in [0.1, 0.15) is 16.7 Å². The van der Waals surface area contributed by atoms with Crippen molar-refractivity contribution in [3.63, 3.8) is 0 Å². The molecule has 0 saturated carbocycles. The molecule has 0 aliphatic rings. The lowest BCUT2D eigenvalue weighted by molar-refractivity contribution is -0.119. The first-order valence-corrected chi connectivity index (χ1v) is 9.54. The molecule has 0 aromatic heterocycles. The van der Waals surface area contributed by atoms with E-state index in [1.54, 1.807) is 0 Å². The molecule has 1 amide bonds. The fourth-order valence-corrected chi connectivity index (χ4v) is 2.88. The third-order valence-electron chi connectivity index (χ3n) is 3.53. The molecule has 0 spiro atoms. The Kier molecular flexibility index (Phi) is 6.91. The highest BCUT2D eigenvalue weighted by Crippen LogP contribution is 2.06. The Morgan fingerprint density at radius 2 is 1.72 bits per heavy atom. The normalized spacial score (nSPS) is 11.6. The van der Waals surface area contributed by atoms with Crippen LogP contribution in [-0.4, -0.2) is 27.4 Å². The molecule has 132 valence electrons. The predicted octanol–water partition coefficient (Wildman–Crippen LogP) is 2.24. The van der Waals surface area contributed by atoms with Gasteiger partial charge in [0, 0.05) is 12.0 Å². The van der Waals surface area contributed by atoms with Crippen molar-refractivity contribution in [1.29, 1.82) is 0 Å². The highest BCUT2D eigenvalue weighted by molar-refractivity contribution is 7.92. The monoisotopic (exact) mass is 358 g/mol. The van der Waals surface area contributed by atoms with Crippen molar-refractivity contribution < 1.29 is 13.2 Å². The highest BCUT2D eigenvalue weighted by Gasteiger charge is 2.08. The van der Waals surface area contributed by atoms with Crippen LogP contribution in [0.25, 0.3) is 6.08 Å². The van der Waals surface area contributed by atoms with Crippen molar-refractivity contribution in [3.8, 4) is 0 Å². The zero-order chi connectivity index (χ0) is 18.1. The molecule has 0 heterocycles. The van der Waals surface area contributed by atoms with Gasteiger partial charge >= 0.3 is 0 Å². The van der Waals surface area contributed by atoms with E-state index in [9.17, 15) is 13.2 Å². The van der Waals surface area contributed by atoms with Gasteiger partial charge in [0.2, 0.25) is 15.9 Å². The number of sulfonamides is 1. The van der Waals surface area contributed by atoms with Crippen LogP contribution in [0.2, 0.25) is 0 Å². The van der Waals surface area contributed by atoms with Crippen molar-refractivity contribution in [2.24, 2.45) is 0 Å². The van der Waals surface area contributed by atoms with E-state index in [2.05, 4.69) is 10.0 Å². The van der Waals surface area contributed by atoms with Gasteiger partial charge in [-0.3, -0.25) is 4.79 Å². The van der Waals surface area contributed by atoms with Crippen molar-refractivity contribution in [3.05, 3.63) is 76.7 Å². The summed E-state index contributed by atoms with van der Waals surface area (Å²) in [5, 5.41) is 3.76. The van der Waals surface area contributed by atoms with Gasteiger partial charge in [0.15, 0.2) is 0 Å². The molecule has 2 aromatic rings. The molecule has 0 radical (unpaired) electrons. The van der Waals surface area contributed by atoms with E-state index in [4.69, 9.17) is 0 Å². The van der Waals surface area contributed by atoms with Crippen LogP contribution < -0.4 is 10.0 Å². The maximum atomic E-state index is 11.9. The largest absolute Gasteiger partial charge is 0.355 e. The van der Waals surface area contributed by atoms with Crippen LogP contribution in [0, 0.1) is 6.92 Å². The fourth-order valence-electron chi connectivity index (χ4n) is 2.11. The maximum absolute atomic E-state index is 11.9. The molecule has 0 atom stereocenters. The number of carbonyl (C=O) groups excluding carboxylic acids is 1. The molecule has 6 heteroatoms. The summed E-state index contributed by atoms with van der Waals surface area (Å²) in [5.41, 5.74) is 3.00. The molecule has 5 nitrogen and oxygen atoms in total. The molecule has 0 bridgehead atoms. The second kappa shape index (κ2) is 9.15. The van der Waals surface area contributed by atoms with Crippen molar-refractivity contribution in [2.75, 3.05) is 13.1 Å². The molecular weight excluding hydrogens is 336 g/mol. The smallest absolute Gasteiger partial charge is 0.235 e. The number of hydrogen-bond donors (Lipinski definition) is 2. The van der Waals surface area contributed by atoms with Crippen molar-refractivity contribution in [2.45, 2.75) is 13.3 Å². The van der Waals surface area contributed by atoms with Gasteiger partial charge in [-0.05, 0) is 30.5 Å². The Labute approximate surface area is 148 Å². The third kappa shape index (κ3) is 7.32. The van der Waals surface area contributed by atoms with E-state index in [0.29, 0.717) is 13.0 Å². The molecule has 2 aromatic carbocycles. The lowest BCUT2D eigenvalue weighted by Crippen LogP contribution is -2.36. The molecule has 0 aliphatic carbocycles. The Morgan fingerprint density at radius 3 is 2.40 bits per heavy atom. The molecule has 0 aliphatic heterocycles. The van der Waals surface area contributed by atoms with Gasteiger partial charge in [0.05, 0.1) is 6.54 Å². The van der Waals surface area contributed by atoms with Crippen LogP contribution in [0.15, 0.2) is 60.0 Å². The van der Waals surface area contributed by atoms with E-state index in [-0.39, 0.29) is 12.5 Å². The standard InChI is InChI=1S/C19H22N2O3S/c1-16-7-9-18(10-8-16)12-14-25(23,24)21-15-19(22)20-13-11-17-5-3-2-4-6-17/h2-10,12,14,21H,11,13,15H2,1H3,(H,20,22)/b14-12+. The van der Waals surface area contributed by atoms with Crippen molar-refractivity contribution >= 4 is 22.0 Å². The average Bonchev–Trinajstić information content (AvgIpc) is 2.61. The highest BCUT2D eigenvalue weighted by atomic mass is 32.2. The van der Waals surface area contributed by atoms with Gasteiger partial charge in [-0.25, -0.2) is 13.1 Å². The summed E-state index contributed by atoms with van der Waals surface area (Å²) in [5.74, 6) is -0.358. The lowest BCUT2D eigenvalue weighted by Gasteiger charge is -2.06. The second-order valence-electron chi connectivity index (χ2n) is 5.67. The van der Waals surface area contributed by atoms with Crippen LogP contribution in [0.5, 0.6) is 0 Å². The van der Waals surface area contributed by atoms with Gasteiger partial charge in [-0.2, -0.15) is 0 Å². The second-order valence-corrected chi connectivity index (χ2v) is 7.32. The minimum absolute atomic E-state index is 0.282. The average molecular weight is 358 g/mol. The number of carbonyl (C=O) groups is 1. The zero-order valence-corrected chi connectivity index (χ0v) is 14.9. The fraction of sp³-hybridized carbons (Fsp3) is 0.211. The summed E-state index contributed by atoms with van der Waals surface area (Å²) in [4.78, 5) is 11.7. The Bertz CT molecular complexity index is 814. The van der Waals surface area contributed by atoms with Gasteiger partial charge in [0.1, 0.15) is 0 Å². The Morgan fingerprint density at radius 1 is 1.04 bits per heavy atom. The number of amides is 1. The molecule has 0 unspecified atom stereocenters. The van der Waals surface area contributed by atoms with E-state index >= 15 is 0 Å². The van der Waals surface area contributed by atoms with Gasteiger partial charge < -0.3 is 5.32 Å². The van der Waals surface area contributed by atoms with Crippen molar-refractivity contribution in [1.82, 2.24) is 10.0 Å². The van der Waals surface area contributed by atoms with Crippen LogP contribution in [0.3, 0.4) is 0 Å². The predicted molar refractivity (Wildman–Crippen MR) is 100 cm³/mol. The maximum Gasteiger partial charge on any atom is 0.235 e. The molecular formula is C19H22N2O3S. The number of hydrogen-bond acceptors (Lipinski definition) is 3. The molecule has 25 heavy (non-hydrogen) atoms. The van der Waals surface area contributed by atoms with Gasteiger partial charge in [-0.15, -0.1) is 0 Å². The van der Waals surface area contributed by atoms with E-state index in [1.807, 2.05) is 61.5 Å². The van der Waals surface area contributed by atoms with Gasteiger partial charge in [-0.1, -0.05) is 60.2 Å². The van der Waals surface area contributed by atoms with Crippen LogP contribution in [-0.2, 0) is 21.2 Å². The number of rotatable bonds is 8. The first kappa shape index (κ1) is 18.9. The van der Waals surface area contributed by atoms with Gasteiger partial charge in [0.25, 0.3) is 0 Å². The summed E-state index contributed by atoms with van der Waals surface area (Å²) < 4.78 is 26.0. The minimum Gasteiger partial charge on any atom is -0.355 e. The van der Waals surface area contributed by atoms with E-state index < -0.39 is 10.0 Å². The molecule has 0 saturated heterocycles. The first-order valence-electron chi connectivity index (χ1n) is 8.00. The Hall–Kier alpha value is -2.44. The number of nitrogens with one attached hydrogen (secondary N) is 2. The summed E-state index contributed by atoms with van der Waals surface area (Å²) in [7, 11) is -3.65. The number of aryl methyl sites for hydroxylation is 1. The third-order valence-corrected chi connectivity index (χ3v) is 4.57. The van der Waals surface area contributed by atoms with E-state index in [1.165, 1.54) is 6.08 Å². The summed E-state index contributed by atoms with van der Waals surface area (Å²) in [6.45, 7) is 2.14. The Balaban J connectivity index is 1.74. The molecule has 2 N–H and O–H groups in total. The van der Waals surface area contributed by atoms with Crippen LogP contribution >= 0.6 is 0 Å². The SMILES string of the molecule is Cc1ccc(/C=C/S(=O)(=O)NCC(=O)NCCc2ccccc2)cc1. The zero-order valence-electron chi connectivity index (χ0n) is 14.1. The summed E-state index contributed by atoms with van der Waals surface area (Å²) >= 11 is 0. The molecule has 2 rings (SSSR count). The summed E-state index contributed by atoms with van der Waals surface area (Å²) in [6, 6.07) is 17.2. The topological polar surface area (TPSA) is 75.3 Å². The minimum atomic E-state index is -3.65.